The Balaban J connectivity index is 1.71. The van der Waals surface area contributed by atoms with E-state index in [0.717, 1.165) is 30.0 Å². The van der Waals surface area contributed by atoms with Crippen LogP contribution in [0.4, 0.5) is 0 Å². The lowest BCUT2D eigenvalue weighted by molar-refractivity contribution is 0.280. The molecule has 20 heavy (non-hydrogen) atoms. The third kappa shape index (κ3) is 2.85. The van der Waals surface area contributed by atoms with Crippen molar-refractivity contribution in [2.24, 2.45) is 17.8 Å². The summed E-state index contributed by atoms with van der Waals surface area (Å²) in [4.78, 5) is 0. The van der Waals surface area contributed by atoms with E-state index in [1.54, 1.807) is 7.11 Å². The van der Waals surface area contributed by atoms with Crippen molar-refractivity contribution in [2.45, 2.75) is 45.1 Å². The summed E-state index contributed by atoms with van der Waals surface area (Å²) in [5, 5.41) is 3.68. The normalized spacial score (nSPS) is 29.6. The maximum Gasteiger partial charge on any atom is 0.119 e. The highest BCUT2D eigenvalue weighted by Gasteiger charge is 2.40. The fourth-order valence-corrected chi connectivity index (χ4v) is 4.41. The molecule has 2 heteroatoms. The molecule has 4 atom stereocenters. The molecule has 1 N–H and O–H groups in total. The quantitative estimate of drug-likeness (QED) is 0.840. The van der Waals surface area contributed by atoms with Crippen LogP contribution in [0.2, 0.25) is 0 Å². The minimum Gasteiger partial charge on any atom is -0.497 e. The third-order valence-electron chi connectivity index (χ3n) is 5.37. The van der Waals surface area contributed by atoms with E-state index in [-0.39, 0.29) is 0 Å². The molecule has 110 valence electrons. The molecule has 2 aliphatic rings. The van der Waals surface area contributed by atoms with E-state index in [1.165, 1.54) is 37.7 Å². The Morgan fingerprint density at radius 1 is 1.30 bits per heavy atom. The number of methoxy groups -OCH3 is 1. The maximum absolute atomic E-state index is 5.37. The molecule has 0 radical (unpaired) electrons. The molecule has 0 heterocycles. The molecule has 2 fully saturated rings. The summed E-state index contributed by atoms with van der Waals surface area (Å²) in [5.41, 5.74) is 1.38. The van der Waals surface area contributed by atoms with Crippen LogP contribution >= 0.6 is 0 Å². The fourth-order valence-electron chi connectivity index (χ4n) is 4.41. The topological polar surface area (TPSA) is 21.3 Å². The summed E-state index contributed by atoms with van der Waals surface area (Å²) in [6.07, 6.45) is 7.23. The summed E-state index contributed by atoms with van der Waals surface area (Å²) in [6.45, 7) is 3.23. The van der Waals surface area contributed by atoms with Crippen LogP contribution in [-0.2, 0) is 0 Å². The Morgan fingerprint density at radius 3 is 2.85 bits per heavy atom. The van der Waals surface area contributed by atoms with Crippen LogP contribution in [0.25, 0.3) is 0 Å². The van der Waals surface area contributed by atoms with Crippen molar-refractivity contribution in [2.75, 3.05) is 13.7 Å². The number of nitrogens with one attached hydrogen (secondary N) is 1. The Labute approximate surface area is 122 Å². The van der Waals surface area contributed by atoms with Crippen LogP contribution in [0.5, 0.6) is 5.75 Å². The van der Waals surface area contributed by atoms with Crippen molar-refractivity contribution < 1.29 is 4.74 Å². The van der Waals surface area contributed by atoms with Crippen molar-refractivity contribution in [1.82, 2.24) is 5.32 Å². The SMILES string of the molecule is CCNC(CC1CC2CCC1C2)c1cccc(OC)c1. The largest absolute Gasteiger partial charge is 0.497 e. The molecule has 2 aliphatic carbocycles. The van der Waals surface area contributed by atoms with Gasteiger partial charge in [-0.25, -0.2) is 0 Å². The van der Waals surface area contributed by atoms with Crippen LogP contribution in [0.1, 0.15) is 50.6 Å². The molecule has 1 aromatic carbocycles. The van der Waals surface area contributed by atoms with E-state index in [4.69, 9.17) is 4.74 Å². The maximum atomic E-state index is 5.37. The molecular weight excluding hydrogens is 246 g/mol. The van der Waals surface area contributed by atoms with E-state index in [2.05, 4.69) is 30.4 Å². The van der Waals surface area contributed by atoms with Gasteiger partial charge in [0, 0.05) is 6.04 Å². The van der Waals surface area contributed by atoms with Crippen LogP contribution in [-0.4, -0.2) is 13.7 Å². The predicted octanol–water partition coefficient (Wildman–Crippen LogP) is 4.17. The Bertz CT molecular complexity index is 445. The van der Waals surface area contributed by atoms with Gasteiger partial charge in [-0.05, 0) is 67.7 Å². The van der Waals surface area contributed by atoms with Crippen LogP contribution in [0.15, 0.2) is 24.3 Å². The highest BCUT2D eigenvalue weighted by atomic mass is 16.5. The molecule has 2 bridgehead atoms. The summed E-state index contributed by atoms with van der Waals surface area (Å²) in [6, 6.07) is 9.06. The minimum absolute atomic E-state index is 0.486. The standard InChI is InChI=1S/C18H27NO/c1-3-19-18(15-5-4-6-17(11-15)20-2)12-16-10-13-7-8-14(16)9-13/h4-6,11,13-14,16,18-19H,3,7-10,12H2,1-2H3. The van der Waals surface area contributed by atoms with Gasteiger partial charge in [0.15, 0.2) is 0 Å². The molecular formula is C18H27NO. The van der Waals surface area contributed by atoms with E-state index >= 15 is 0 Å². The number of ether oxygens (including phenoxy) is 1. The van der Waals surface area contributed by atoms with Gasteiger partial charge in [0.1, 0.15) is 5.75 Å². The summed E-state index contributed by atoms with van der Waals surface area (Å²) in [5.74, 6) is 3.95. The lowest BCUT2D eigenvalue weighted by Crippen LogP contribution is -2.25. The second-order valence-corrected chi connectivity index (χ2v) is 6.56. The third-order valence-corrected chi connectivity index (χ3v) is 5.37. The van der Waals surface area contributed by atoms with E-state index in [0.29, 0.717) is 6.04 Å². The average Bonchev–Trinajstić information content (AvgIpc) is 3.09. The van der Waals surface area contributed by atoms with E-state index < -0.39 is 0 Å². The molecule has 0 amide bonds. The summed E-state index contributed by atoms with van der Waals surface area (Å²) >= 11 is 0. The van der Waals surface area contributed by atoms with Crippen molar-refractivity contribution >= 4 is 0 Å². The number of benzene rings is 1. The van der Waals surface area contributed by atoms with Crippen molar-refractivity contribution in [3.05, 3.63) is 29.8 Å². The van der Waals surface area contributed by atoms with Gasteiger partial charge in [0.2, 0.25) is 0 Å². The average molecular weight is 273 g/mol. The van der Waals surface area contributed by atoms with Gasteiger partial charge in [-0.15, -0.1) is 0 Å². The number of rotatable bonds is 6. The van der Waals surface area contributed by atoms with Crippen LogP contribution in [0, 0.1) is 17.8 Å². The number of hydrogen-bond acceptors (Lipinski definition) is 2. The van der Waals surface area contributed by atoms with Crippen LogP contribution in [0.3, 0.4) is 0 Å². The lowest BCUT2D eigenvalue weighted by atomic mass is 9.82. The summed E-state index contributed by atoms with van der Waals surface area (Å²) in [7, 11) is 1.75. The zero-order valence-electron chi connectivity index (χ0n) is 12.8. The summed E-state index contributed by atoms with van der Waals surface area (Å²) < 4.78 is 5.37. The Hall–Kier alpha value is -1.02. The smallest absolute Gasteiger partial charge is 0.119 e. The second-order valence-electron chi connectivity index (χ2n) is 6.56. The molecule has 4 unspecified atom stereocenters. The van der Waals surface area contributed by atoms with Gasteiger partial charge in [-0.3, -0.25) is 0 Å². The molecule has 0 aromatic heterocycles. The first-order valence-corrected chi connectivity index (χ1v) is 8.17. The van der Waals surface area contributed by atoms with Gasteiger partial charge in [-0.1, -0.05) is 25.5 Å². The zero-order valence-corrected chi connectivity index (χ0v) is 12.8. The number of hydrogen-bond donors (Lipinski definition) is 1. The molecule has 2 saturated carbocycles. The molecule has 0 saturated heterocycles. The molecule has 1 aromatic rings. The van der Waals surface area contributed by atoms with Gasteiger partial charge < -0.3 is 10.1 Å². The molecule has 2 nitrogen and oxygen atoms in total. The molecule has 0 aliphatic heterocycles. The number of fused-ring (bicyclic) bond motifs is 2. The second kappa shape index (κ2) is 6.17. The molecule has 0 spiro atoms. The first kappa shape index (κ1) is 13.9. The van der Waals surface area contributed by atoms with E-state index in [1.807, 2.05) is 6.07 Å². The zero-order chi connectivity index (χ0) is 13.9. The van der Waals surface area contributed by atoms with Crippen molar-refractivity contribution in [3.63, 3.8) is 0 Å². The van der Waals surface area contributed by atoms with Gasteiger partial charge in [0.25, 0.3) is 0 Å². The van der Waals surface area contributed by atoms with Gasteiger partial charge in [-0.2, -0.15) is 0 Å². The highest BCUT2D eigenvalue weighted by Crippen LogP contribution is 2.51. The first-order chi connectivity index (χ1) is 9.80. The first-order valence-electron chi connectivity index (χ1n) is 8.17. The van der Waals surface area contributed by atoms with E-state index in [9.17, 15) is 0 Å². The van der Waals surface area contributed by atoms with Crippen LogP contribution < -0.4 is 10.1 Å². The fraction of sp³-hybridized carbons (Fsp3) is 0.667. The molecule has 3 rings (SSSR count). The van der Waals surface area contributed by atoms with Gasteiger partial charge >= 0.3 is 0 Å². The Kier molecular flexibility index (Phi) is 4.30. The predicted molar refractivity (Wildman–Crippen MR) is 83.0 cm³/mol. The lowest BCUT2D eigenvalue weighted by Gasteiger charge is -2.27. The van der Waals surface area contributed by atoms with Crippen molar-refractivity contribution in [1.29, 1.82) is 0 Å². The van der Waals surface area contributed by atoms with Gasteiger partial charge in [0.05, 0.1) is 7.11 Å². The Morgan fingerprint density at radius 2 is 2.20 bits per heavy atom. The monoisotopic (exact) mass is 273 g/mol. The highest BCUT2D eigenvalue weighted by molar-refractivity contribution is 5.30. The van der Waals surface area contributed by atoms with Crippen molar-refractivity contribution in [3.8, 4) is 5.75 Å². The minimum atomic E-state index is 0.486.